The minimum absolute atomic E-state index is 0.257. The molecule has 1 atom stereocenters. The van der Waals surface area contributed by atoms with Crippen LogP contribution in [0.4, 0.5) is 0 Å². The van der Waals surface area contributed by atoms with E-state index in [4.69, 9.17) is 10.5 Å². The summed E-state index contributed by atoms with van der Waals surface area (Å²) in [7, 11) is 1.71. The van der Waals surface area contributed by atoms with Gasteiger partial charge in [-0.25, -0.2) is 0 Å². The van der Waals surface area contributed by atoms with E-state index in [-0.39, 0.29) is 6.54 Å². The van der Waals surface area contributed by atoms with Crippen LogP contribution >= 0.6 is 0 Å². The molecule has 0 aromatic heterocycles. The third-order valence-electron chi connectivity index (χ3n) is 4.32. The van der Waals surface area contributed by atoms with Gasteiger partial charge in [0.2, 0.25) is 0 Å². The maximum atomic E-state index is 9.89. The van der Waals surface area contributed by atoms with Crippen LogP contribution in [-0.2, 0) is 0 Å². The van der Waals surface area contributed by atoms with Crippen LogP contribution in [0.1, 0.15) is 55.8 Å². The van der Waals surface area contributed by atoms with Gasteiger partial charge in [0.1, 0.15) is 5.75 Å². The molecule has 2 rings (SSSR count). The van der Waals surface area contributed by atoms with Gasteiger partial charge in [-0.05, 0) is 47.9 Å². The average Bonchev–Trinajstić information content (AvgIpc) is 2.46. The fourth-order valence-electron chi connectivity index (χ4n) is 2.99. The summed E-state index contributed by atoms with van der Waals surface area (Å²) in [6, 6.07) is 5.95. The summed E-state index contributed by atoms with van der Waals surface area (Å²) in [5, 5.41) is 9.89. The first-order chi connectivity index (χ1) is 9.15. The lowest BCUT2D eigenvalue weighted by molar-refractivity contribution is 0.186. The van der Waals surface area contributed by atoms with Crippen LogP contribution in [0.5, 0.6) is 5.75 Å². The molecule has 3 nitrogen and oxygen atoms in total. The van der Waals surface area contributed by atoms with Crippen molar-refractivity contribution in [2.45, 2.75) is 44.6 Å². The highest BCUT2D eigenvalue weighted by Crippen LogP contribution is 2.40. The number of ether oxygens (including phenoxy) is 1. The van der Waals surface area contributed by atoms with Crippen LogP contribution in [-0.4, -0.2) is 18.8 Å². The predicted octanol–water partition coefficient (Wildman–Crippen LogP) is 2.98. The molecule has 106 valence electrons. The van der Waals surface area contributed by atoms with Crippen molar-refractivity contribution in [1.82, 2.24) is 0 Å². The molecule has 0 aliphatic heterocycles. The molecule has 0 radical (unpaired) electrons. The number of aliphatic hydroxyl groups is 1. The zero-order valence-corrected chi connectivity index (χ0v) is 11.9. The van der Waals surface area contributed by atoms with Crippen LogP contribution in [0.25, 0.3) is 0 Å². The highest BCUT2D eigenvalue weighted by atomic mass is 16.5. The van der Waals surface area contributed by atoms with Crippen LogP contribution in [0.3, 0.4) is 0 Å². The largest absolute Gasteiger partial charge is 0.496 e. The van der Waals surface area contributed by atoms with Crippen molar-refractivity contribution >= 4 is 0 Å². The van der Waals surface area contributed by atoms with E-state index in [0.29, 0.717) is 5.92 Å². The second-order valence-electron chi connectivity index (χ2n) is 5.71. The second-order valence-corrected chi connectivity index (χ2v) is 5.71. The summed E-state index contributed by atoms with van der Waals surface area (Å²) in [4.78, 5) is 0. The minimum Gasteiger partial charge on any atom is -0.496 e. The third-order valence-corrected chi connectivity index (χ3v) is 4.32. The topological polar surface area (TPSA) is 55.5 Å². The summed E-state index contributed by atoms with van der Waals surface area (Å²) >= 11 is 0. The van der Waals surface area contributed by atoms with Crippen molar-refractivity contribution in [2.24, 2.45) is 11.7 Å². The Morgan fingerprint density at radius 1 is 1.32 bits per heavy atom. The first-order valence-electron chi connectivity index (χ1n) is 7.21. The van der Waals surface area contributed by atoms with E-state index in [2.05, 4.69) is 13.0 Å². The fourth-order valence-corrected chi connectivity index (χ4v) is 2.99. The predicted molar refractivity (Wildman–Crippen MR) is 77.4 cm³/mol. The van der Waals surface area contributed by atoms with Gasteiger partial charge < -0.3 is 15.6 Å². The molecule has 3 N–H and O–H groups in total. The van der Waals surface area contributed by atoms with E-state index in [1.165, 1.54) is 31.2 Å². The van der Waals surface area contributed by atoms with E-state index in [1.807, 2.05) is 12.1 Å². The highest BCUT2D eigenvalue weighted by molar-refractivity contribution is 5.40. The number of aliphatic hydroxyl groups excluding tert-OH is 1. The van der Waals surface area contributed by atoms with E-state index in [0.717, 1.165) is 17.2 Å². The van der Waals surface area contributed by atoms with Crippen molar-refractivity contribution in [1.29, 1.82) is 0 Å². The van der Waals surface area contributed by atoms with Crippen molar-refractivity contribution in [3.63, 3.8) is 0 Å². The number of nitrogens with two attached hydrogens (primary N) is 1. The summed E-state index contributed by atoms with van der Waals surface area (Å²) in [6.45, 7) is 2.58. The second kappa shape index (κ2) is 6.40. The average molecular weight is 263 g/mol. The molecule has 0 saturated heterocycles. The summed E-state index contributed by atoms with van der Waals surface area (Å²) in [5.74, 6) is 2.32. The summed E-state index contributed by atoms with van der Waals surface area (Å²) in [5.41, 5.74) is 7.68. The van der Waals surface area contributed by atoms with E-state index < -0.39 is 6.10 Å². The Labute approximate surface area is 115 Å². The van der Waals surface area contributed by atoms with E-state index >= 15 is 0 Å². The third kappa shape index (κ3) is 3.28. The van der Waals surface area contributed by atoms with Crippen LogP contribution < -0.4 is 10.5 Å². The van der Waals surface area contributed by atoms with Crippen LogP contribution in [0.15, 0.2) is 18.2 Å². The first-order valence-corrected chi connectivity index (χ1v) is 7.21. The Hall–Kier alpha value is -1.06. The van der Waals surface area contributed by atoms with Crippen LogP contribution in [0, 0.1) is 5.92 Å². The molecule has 1 saturated carbocycles. The summed E-state index contributed by atoms with van der Waals surface area (Å²) in [6.07, 6.45) is 4.39. The number of rotatable bonds is 4. The molecule has 1 fully saturated rings. The normalized spacial score (nSPS) is 25.1. The molecule has 0 heterocycles. The lowest BCUT2D eigenvalue weighted by Crippen LogP contribution is -2.14. The zero-order chi connectivity index (χ0) is 13.8. The van der Waals surface area contributed by atoms with Gasteiger partial charge in [0.15, 0.2) is 0 Å². The van der Waals surface area contributed by atoms with Gasteiger partial charge >= 0.3 is 0 Å². The molecule has 0 bridgehead atoms. The zero-order valence-electron chi connectivity index (χ0n) is 11.9. The summed E-state index contributed by atoms with van der Waals surface area (Å²) < 4.78 is 5.48. The Morgan fingerprint density at radius 3 is 2.58 bits per heavy atom. The minimum atomic E-state index is -0.577. The van der Waals surface area contributed by atoms with Crippen molar-refractivity contribution < 1.29 is 9.84 Å². The monoisotopic (exact) mass is 263 g/mol. The van der Waals surface area contributed by atoms with Gasteiger partial charge in [0, 0.05) is 6.54 Å². The molecule has 0 spiro atoms. The molecule has 19 heavy (non-hydrogen) atoms. The maximum Gasteiger partial charge on any atom is 0.122 e. The van der Waals surface area contributed by atoms with E-state index in [9.17, 15) is 5.11 Å². The SMILES string of the molecule is COc1ccc(C(O)CN)cc1C1CCC(C)CC1. The Kier molecular flexibility index (Phi) is 4.83. The quantitative estimate of drug-likeness (QED) is 0.878. The smallest absolute Gasteiger partial charge is 0.122 e. The van der Waals surface area contributed by atoms with Crippen molar-refractivity contribution in [3.05, 3.63) is 29.3 Å². The molecule has 1 aromatic carbocycles. The number of hydrogen-bond acceptors (Lipinski definition) is 3. The van der Waals surface area contributed by atoms with Gasteiger partial charge in [0.05, 0.1) is 13.2 Å². The Balaban J connectivity index is 2.25. The molecule has 1 aliphatic rings. The lowest BCUT2D eigenvalue weighted by atomic mass is 9.78. The molecule has 1 unspecified atom stereocenters. The van der Waals surface area contributed by atoms with Gasteiger partial charge in [-0.1, -0.05) is 25.8 Å². The lowest BCUT2D eigenvalue weighted by Gasteiger charge is -2.28. The molecular formula is C16H25NO2. The standard InChI is InChI=1S/C16H25NO2/c1-11-3-5-12(6-4-11)14-9-13(15(18)10-17)7-8-16(14)19-2/h7-9,11-12,15,18H,3-6,10,17H2,1-2H3. The maximum absolute atomic E-state index is 9.89. The molecule has 1 aliphatic carbocycles. The van der Waals surface area contributed by atoms with Gasteiger partial charge in [-0.3, -0.25) is 0 Å². The molecule has 3 heteroatoms. The number of methoxy groups -OCH3 is 1. The number of benzene rings is 1. The Bertz CT molecular complexity index is 411. The fraction of sp³-hybridized carbons (Fsp3) is 0.625. The van der Waals surface area contributed by atoms with Gasteiger partial charge in [-0.2, -0.15) is 0 Å². The number of hydrogen-bond donors (Lipinski definition) is 2. The van der Waals surface area contributed by atoms with Gasteiger partial charge in [-0.15, -0.1) is 0 Å². The van der Waals surface area contributed by atoms with Crippen molar-refractivity contribution in [3.8, 4) is 5.75 Å². The molecular weight excluding hydrogens is 238 g/mol. The Morgan fingerprint density at radius 2 is 2.00 bits per heavy atom. The first kappa shape index (κ1) is 14.4. The van der Waals surface area contributed by atoms with Crippen LogP contribution in [0.2, 0.25) is 0 Å². The van der Waals surface area contributed by atoms with E-state index in [1.54, 1.807) is 7.11 Å². The highest BCUT2D eigenvalue weighted by Gasteiger charge is 2.23. The molecule has 1 aromatic rings. The van der Waals surface area contributed by atoms with Gasteiger partial charge in [0.25, 0.3) is 0 Å². The molecule has 0 amide bonds. The van der Waals surface area contributed by atoms with Crippen molar-refractivity contribution in [2.75, 3.05) is 13.7 Å².